The number of hydrogen-bond acceptors (Lipinski definition) is 4. The fourth-order valence-corrected chi connectivity index (χ4v) is 2.99. The highest BCUT2D eigenvalue weighted by Gasteiger charge is 2.20. The minimum absolute atomic E-state index is 0.0659. The standard InChI is InChI=1S/C15H13NO5S/c1-9(17)16-12-2-4-14-10(7-12)6-11-8-13(3-5-15(11)14)21-22(18,19)20/h2-5,7-8H,6H2,1H3,(H,16,17)(H,18,19,20). The predicted molar refractivity (Wildman–Crippen MR) is 81.2 cm³/mol. The molecule has 7 heteroatoms. The minimum atomic E-state index is -4.53. The monoisotopic (exact) mass is 319 g/mol. The number of fused-ring (bicyclic) bond motifs is 3. The highest BCUT2D eigenvalue weighted by atomic mass is 32.3. The van der Waals surface area contributed by atoms with E-state index < -0.39 is 10.4 Å². The largest absolute Gasteiger partial charge is 0.446 e. The molecule has 2 N–H and O–H groups in total. The smallest absolute Gasteiger partial charge is 0.362 e. The number of carbonyl (C=O) groups is 1. The maximum absolute atomic E-state index is 11.1. The molecule has 0 radical (unpaired) electrons. The van der Waals surface area contributed by atoms with E-state index in [0.29, 0.717) is 12.1 Å². The molecule has 0 aliphatic heterocycles. The van der Waals surface area contributed by atoms with Gasteiger partial charge in [0.15, 0.2) is 0 Å². The summed E-state index contributed by atoms with van der Waals surface area (Å²) in [5, 5.41) is 2.73. The van der Waals surface area contributed by atoms with Crippen molar-refractivity contribution in [1.82, 2.24) is 0 Å². The Morgan fingerprint density at radius 2 is 1.77 bits per heavy atom. The van der Waals surface area contributed by atoms with Crippen molar-refractivity contribution in [2.75, 3.05) is 5.32 Å². The Morgan fingerprint density at radius 1 is 1.14 bits per heavy atom. The number of nitrogens with one attached hydrogen (secondary N) is 1. The molecule has 1 aliphatic carbocycles. The van der Waals surface area contributed by atoms with Crippen molar-refractivity contribution in [3.63, 3.8) is 0 Å². The Hall–Kier alpha value is -2.38. The number of amides is 1. The van der Waals surface area contributed by atoms with Crippen molar-refractivity contribution < 1.29 is 21.9 Å². The molecule has 6 nitrogen and oxygen atoms in total. The van der Waals surface area contributed by atoms with E-state index in [1.807, 2.05) is 18.2 Å². The molecule has 1 aliphatic rings. The Kier molecular flexibility index (Phi) is 3.38. The molecule has 0 atom stereocenters. The van der Waals surface area contributed by atoms with E-state index in [4.69, 9.17) is 4.55 Å². The Morgan fingerprint density at radius 3 is 2.41 bits per heavy atom. The van der Waals surface area contributed by atoms with Gasteiger partial charge in [-0.15, -0.1) is 0 Å². The van der Waals surface area contributed by atoms with Crippen molar-refractivity contribution >= 4 is 22.0 Å². The van der Waals surface area contributed by atoms with E-state index in [2.05, 4.69) is 9.50 Å². The number of rotatable bonds is 3. The first kappa shape index (κ1) is 14.6. The van der Waals surface area contributed by atoms with Crippen LogP contribution in [0, 0.1) is 0 Å². The molecule has 0 heterocycles. The topological polar surface area (TPSA) is 92.7 Å². The number of hydrogen-bond donors (Lipinski definition) is 2. The molecule has 2 aromatic carbocycles. The van der Waals surface area contributed by atoms with Gasteiger partial charge in [0.2, 0.25) is 5.91 Å². The van der Waals surface area contributed by atoms with E-state index in [0.717, 1.165) is 22.3 Å². The zero-order valence-corrected chi connectivity index (χ0v) is 12.5. The van der Waals surface area contributed by atoms with Gasteiger partial charge in [-0.25, -0.2) is 0 Å². The Bertz CT molecular complexity index is 873. The van der Waals surface area contributed by atoms with Crippen LogP contribution < -0.4 is 9.50 Å². The fourth-order valence-electron chi connectivity index (χ4n) is 2.64. The average Bonchev–Trinajstić information content (AvgIpc) is 2.72. The molecule has 0 bridgehead atoms. The highest BCUT2D eigenvalue weighted by Crippen LogP contribution is 2.39. The Balaban J connectivity index is 1.94. The third-order valence-corrected chi connectivity index (χ3v) is 3.78. The minimum Gasteiger partial charge on any atom is -0.362 e. The normalized spacial score (nSPS) is 12.5. The van der Waals surface area contributed by atoms with Crippen LogP contribution in [0.15, 0.2) is 36.4 Å². The van der Waals surface area contributed by atoms with Crippen molar-refractivity contribution in [2.45, 2.75) is 13.3 Å². The van der Waals surface area contributed by atoms with E-state index in [-0.39, 0.29) is 11.7 Å². The molecular weight excluding hydrogens is 306 g/mol. The lowest BCUT2D eigenvalue weighted by Gasteiger charge is -2.06. The first-order chi connectivity index (χ1) is 10.3. The van der Waals surface area contributed by atoms with E-state index in [1.54, 1.807) is 12.1 Å². The summed E-state index contributed by atoms with van der Waals surface area (Å²) < 4.78 is 34.7. The molecule has 0 saturated carbocycles. The molecule has 0 unspecified atom stereocenters. The van der Waals surface area contributed by atoms with Crippen LogP contribution in [0.2, 0.25) is 0 Å². The summed E-state index contributed by atoms with van der Waals surface area (Å²) >= 11 is 0. The van der Waals surface area contributed by atoms with Crippen LogP contribution in [0.3, 0.4) is 0 Å². The first-order valence-corrected chi connectivity index (χ1v) is 7.89. The lowest BCUT2D eigenvalue weighted by Crippen LogP contribution is -2.06. The molecule has 3 rings (SSSR count). The average molecular weight is 319 g/mol. The van der Waals surface area contributed by atoms with Crippen molar-refractivity contribution in [1.29, 1.82) is 0 Å². The van der Waals surface area contributed by atoms with Crippen molar-refractivity contribution in [2.24, 2.45) is 0 Å². The number of carbonyl (C=O) groups excluding carboxylic acids is 1. The predicted octanol–water partition coefficient (Wildman–Crippen LogP) is 2.40. The number of benzene rings is 2. The first-order valence-electron chi connectivity index (χ1n) is 6.52. The Labute approximate surface area is 127 Å². The summed E-state index contributed by atoms with van der Waals surface area (Å²) in [5.41, 5.74) is 4.66. The molecule has 1 amide bonds. The van der Waals surface area contributed by atoms with Crippen LogP contribution in [-0.4, -0.2) is 18.9 Å². The third-order valence-electron chi connectivity index (χ3n) is 3.37. The van der Waals surface area contributed by atoms with E-state index in [9.17, 15) is 13.2 Å². The van der Waals surface area contributed by atoms with Gasteiger partial charge in [-0.05, 0) is 52.9 Å². The van der Waals surface area contributed by atoms with Crippen molar-refractivity contribution in [3.8, 4) is 16.9 Å². The highest BCUT2D eigenvalue weighted by molar-refractivity contribution is 7.81. The van der Waals surface area contributed by atoms with Crippen LogP contribution >= 0.6 is 0 Å². The second-order valence-corrected chi connectivity index (χ2v) is 6.08. The maximum Gasteiger partial charge on any atom is 0.446 e. The molecule has 2 aromatic rings. The quantitative estimate of drug-likeness (QED) is 0.723. The maximum atomic E-state index is 11.1. The summed E-state index contributed by atoms with van der Waals surface area (Å²) in [6.07, 6.45) is 0.598. The molecule has 114 valence electrons. The molecule has 0 fully saturated rings. The van der Waals surface area contributed by atoms with Gasteiger partial charge in [-0.1, -0.05) is 12.1 Å². The summed E-state index contributed by atoms with van der Waals surface area (Å²) in [5.74, 6) is -0.0737. The van der Waals surface area contributed by atoms with Crippen LogP contribution in [0.1, 0.15) is 18.1 Å². The van der Waals surface area contributed by atoms with Gasteiger partial charge in [0.05, 0.1) is 0 Å². The van der Waals surface area contributed by atoms with Gasteiger partial charge >= 0.3 is 10.4 Å². The summed E-state index contributed by atoms with van der Waals surface area (Å²) in [6, 6.07) is 10.4. The second-order valence-electron chi connectivity index (χ2n) is 5.06. The fraction of sp³-hybridized carbons (Fsp3) is 0.133. The zero-order chi connectivity index (χ0) is 15.9. The summed E-state index contributed by atoms with van der Waals surface area (Å²) in [4.78, 5) is 11.1. The molecule has 0 aromatic heterocycles. The van der Waals surface area contributed by atoms with Gasteiger partial charge in [-0.3, -0.25) is 9.35 Å². The molecular formula is C15H13NO5S. The van der Waals surface area contributed by atoms with Crippen LogP contribution in [0.4, 0.5) is 5.69 Å². The van der Waals surface area contributed by atoms with Gasteiger partial charge in [-0.2, -0.15) is 8.42 Å². The van der Waals surface area contributed by atoms with Gasteiger partial charge in [0, 0.05) is 12.6 Å². The molecule has 0 spiro atoms. The molecule has 22 heavy (non-hydrogen) atoms. The number of anilines is 1. The lowest BCUT2D eigenvalue weighted by molar-refractivity contribution is -0.114. The summed E-state index contributed by atoms with van der Waals surface area (Å²) in [7, 11) is -4.53. The van der Waals surface area contributed by atoms with Gasteiger partial charge < -0.3 is 9.50 Å². The van der Waals surface area contributed by atoms with Crippen LogP contribution in [0.5, 0.6) is 5.75 Å². The summed E-state index contributed by atoms with van der Waals surface area (Å²) in [6.45, 7) is 1.45. The lowest BCUT2D eigenvalue weighted by atomic mass is 10.1. The van der Waals surface area contributed by atoms with Crippen LogP contribution in [-0.2, 0) is 21.6 Å². The SMILES string of the molecule is CC(=O)Nc1ccc2c(c1)Cc1cc(OS(=O)(=O)O)ccc1-2. The van der Waals surface area contributed by atoms with Crippen molar-refractivity contribution in [3.05, 3.63) is 47.5 Å². The third kappa shape index (κ3) is 2.95. The van der Waals surface area contributed by atoms with E-state index >= 15 is 0 Å². The second kappa shape index (κ2) is 5.11. The van der Waals surface area contributed by atoms with E-state index in [1.165, 1.54) is 13.0 Å². The van der Waals surface area contributed by atoms with Crippen LogP contribution in [0.25, 0.3) is 11.1 Å². The van der Waals surface area contributed by atoms with Gasteiger partial charge in [0.1, 0.15) is 5.75 Å². The zero-order valence-electron chi connectivity index (χ0n) is 11.7. The van der Waals surface area contributed by atoms with Gasteiger partial charge in [0.25, 0.3) is 0 Å². The molecule has 0 saturated heterocycles.